The van der Waals surface area contributed by atoms with Crippen LogP contribution in [0.3, 0.4) is 0 Å². The van der Waals surface area contributed by atoms with Crippen LogP contribution in [0.15, 0.2) is 24.3 Å². The van der Waals surface area contributed by atoms with E-state index in [4.69, 9.17) is 0 Å². The van der Waals surface area contributed by atoms with E-state index in [1.54, 1.807) is 6.08 Å². The van der Waals surface area contributed by atoms with Gasteiger partial charge < -0.3 is 0 Å². The molecule has 0 spiro atoms. The fourth-order valence-corrected chi connectivity index (χ4v) is 1.05. The van der Waals surface area contributed by atoms with E-state index in [-0.39, 0.29) is 5.78 Å². The second-order valence-corrected chi connectivity index (χ2v) is 3.33. The van der Waals surface area contributed by atoms with E-state index >= 15 is 0 Å². The Balaban J connectivity index is 4.14. The highest BCUT2D eigenvalue weighted by Crippen LogP contribution is 2.10. The lowest BCUT2D eigenvalue weighted by Gasteiger charge is -2.05. The zero-order chi connectivity index (χ0) is 9.56. The smallest absolute Gasteiger partial charge is 0.159 e. The molecule has 1 heteroatoms. The maximum atomic E-state index is 11.5. The van der Waals surface area contributed by atoms with E-state index < -0.39 is 0 Å². The minimum absolute atomic E-state index is 0.257. The summed E-state index contributed by atoms with van der Waals surface area (Å²) in [4.78, 5) is 11.5. The van der Waals surface area contributed by atoms with Crippen molar-refractivity contribution in [3.63, 3.8) is 0 Å². The fourth-order valence-electron chi connectivity index (χ4n) is 1.05. The van der Waals surface area contributed by atoms with E-state index in [1.165, 1.54) is 0 Å². The summed E-state index contributed by atoms with van der Waals surface area (Å²) in [5, 5.41) is 0. The highest BCUT2D eigenvalue weighted by molar-refractivity contribution is 5.95. The highest BCUT2D eigenvalue weighted by Gasteiger charge is 2.08. The molecular formula is C11H18O. The molecule has 0 aromatic carbocycles. The number of hydrogen-bond donors (Lipinski definition) is 0. The van der Waals surface area contributed by atoms with Crippen molar-refractivity contribution >= 4 is 5.78 Å². The van der Waals surface area contributed by atoms with Crippen LogP contribution in [0.4, 0.5) is 0 Å². The molecule has 0 radical (unpaired) electrons. The second-order valence-electron chi connectivity index (χ2n) is 3.33. The SMILES string of the molecule is C=CCC(=CC)C(=O)CC(C)C. The molecular weight excluding hydrogens is 148 g/mol. The molecule has 0 aliphatic carbocycles. The van der Waals surface area contributed by atoms with Crippen LogP contribution in [0.2, 0.25) is 0 Å². The van der Waals surface area contributed by atoms with Crippen molar-refractivity contribution in [3.8, 4) is 0 Å². The van der Waals surface area contributed by atoms with Crippen molar-refractivity contribution in [2.75, 3.05) is 0 Å². The predicted octanol–water partition coefficient (Wildman–Crippen LogP) is 3.12. The Morgan fingerprint density at radius 2 is 2.08 bits per heavy atom. The maximum Gasteiger partial charge on any atom is 0.159 e. The molecule has 0 fully saturated rings. The van der Waals surface area contributed by atoms with Gasteiger partial charge in [0.1, 0.15) is 0 Å². The quantitative estimate of drug-likeness (QED) is 0.453. The van der Waals surface area contributed by atoms with Crippen molar-refractivity contribution in [1.29, 1.82) is 0 Å². The molecule has 0 rings (SSSR count). The van der Waals surface area contributed by atoms with Gasteiger partial charge in [-0.05, 0) is 24.8 Å². The van der Waals surface area contributed by atoms with E-state index in [0.29, 0.717) is 18.8 Å². The van der Waals surface area contributed by atoms with Gasteiger partial charge in [0.05, 0.1) is 0 Å². The summed E-state index contributed by atoms with van der Waals surface area (Å²) < 4.78 is 0. The first-order chi connectivity index (χ1) is 5.61. The van der Waals surface area contributed by atoms with Crippen LogP contribution in [-0.4, -0.2) is 5.78 Å². The summed E-state index contributed by atoms with van der Waals surface area (Å²) in [6, 6.07) is 0. The molecule has 12 heavy (non-hydrogen) atoms. The van der Waals surface area contributed by atoms with Gasteiger partial charge >= 0.3 is 0 Å². The minimum Gasteiger partial charge on any atom is -0.295 e. The highest BCUT2D eigenvalue weighted by atomic mass is 16.1. The van der Waals surface area contributed by atoms with Gasteiger partial charge in [-0.25, -0.2) is 0 Å². The molecule has 1 nitrogen and oxygen atoms in total. The Morgan fingerprint density at radius 1 is 1.50 bits per heavy atom. The van der Waals surface area contributed by atoms with Crippen LogP contribution in [0.1, 0.15) is 33.6 Å². The molecule has 0 aromatic rings. The molecule has 0 aliphatic heterocycles. The molecule has 0 N–H and O–H groups in total. The predicted molar refractivity (Wildman–Crippen MR) is 53.0 cm³/mol. The molecule has 0 saturated heterocycles. The van der Waals surface area contributed by atoms with Crippen LogP contribution in [0.5, 0.6) is 0 Å². The van der Waals surface area contributed by atoms with E-state index in [1.807, 2.05) is 13.0 Å². The molecule has 0 heterocycles. The third-order valence-corrected chi connectivity index (χ3v) is 1.66. The lowest BCUT2D eigenvalue weighted by molar-refractivity contribution is -0.116. The van der Waals surface area contributed by atoms with E-state index in [9.17, 15) is 4.79 Å². The third kappa shape index (κ3) is 4.12. The van der Waals surface area contributed by atoms with Gasteiger partial charge in [0, 0.05) is 6.42 Å². The van der Waals surface area contributed by atoms with Gasteiger partial charge in [-0.2, -0.15) is 0 Å². The maximum absolute atomic E-state index is 11.5. The molecule has 0 amide bonds. The summed E-state index contributed by atoms with van der Waals surface area (Å²) >= 11 is 0. The minimum atomic E-state index is 0.257. The Kier molecular flexibility index (Phi) is 5.35. The number of ketones is 1. The molecule has 0 aliphatic rings. The van der Waals surface area contributed by atoms with Crippen LogP contribution in [0, 0.1) is 5.92 Å². The molecule has 0 saturated carbocycles. The largest absolute Gasteiger partial charge is 0.295 e. The lowest BCUT2D eigenvalue weighted by atomic mass is 9.99. The Bertz CT molecular complexity index is 187. The van der Waals surface area contributed by atoms with Gasteiger partial charge in [-0.15, -0.1) is 6.58 Å². The summed E-state index contributed by atoms with van der Waals surface area (Å²) in [5.41, 5.74) is 0.888. The summed E-state index contributed by atoms with van der Waals surface area (Å²) in [5.74, 6) is 0.699. The number of allylic oxidation sites excluding steroid dienone is 3. The van der Waals surface area contributed by atoms with Crippen molar-refractivity contribution < 1.29 is 4.79 Å². The molecule has 0 aromatic heterocycles. The second kappa shape index (κ2) is 5.76. The van der Waals surface area contributed by atoms with Crippen LogP contribution in [-0.2, 0) is 4.79 Å². The van der Waals surface area contributed by atoms with Crippen LogP contribution < -0.4 is 0 Å². The number of rotatable bonds is 5. The Morgan fingerprint density at radius 3 is 2.42 bits per heavy atom. The van der Waals surface area contributed by atoms with Gasteiger partial charge in [0.15, 0.2) is 5.78 Å². The molecule has 0 unspecified atom stereocenters. The lowest BCUT2D eigenvalue weighted by Crippen LogP contribution is -2.05. The first kappa shape index (κ1) is 11.2. The number of hydrogen-bond acceptors (Lipinski definition) is 1. The zero-order valence-corrected chi connectivity index (χ0v) is 8.26. The first-order valence-corrected chi connectivity index (χ1v) is 4.41. The normalized spacial score (nSPS) is 11.8. The average Bonchev–Trinajstić information content (AvgIpc) is 1.98. The van der Waals surface area contributed by atoms with Crippen molar-refractivity contribution in [1.82, 2.24) is 0 Å². The molecule has 68 valence electrons. The Labute approximate surface area is 75.2 Å². The van der Waals surface area contributed by atoms with Crippen molar-refractivity contribution in [3.05, 3.63) is 24.3 Å². The van der Waals surface area contributed by atoms with Crippen molar-refractivity contribution in [2.24, 2.45) is 5.92 Å². The molecule has 0 bridgehead atoms. The van der Waals surface area contributed by atoms with Crippen molar-refractivity contribution in [2.45, 2.75) is 33.6 Å². The summed E-state index contributed by atoms with van der Waals surface area (Å²) in [7, 11) is 0. The first-order valence-electron chi connectivity index (χ1n) is 4.41. The average molecular weight is 166 g/mol. The summed E-state index contributed by atoms with van der Waals surface area (Å²) in [6.45, 7) is 9.63. The van der Waals surface area contributed by atoms with E-state index in [0.717, 1.165) is 5.57 Å². The topological polar surface area (TPSA) is 17.1 Å². The van der Waals surface area contributed by atoms with Crippen LogP contribution >= 0.6 is 0 Å². The van der Waals surface area contributed by atoms with Crippen LogP contribution in [0.25, 0.3) is 0 Å². The van der Waals surface area contributed by atoms with Gasteiger partial charge in [-0.1, -0.05) is 26.0 Å². The Hall–Kier alpha value is -0.850. The fraction of sp³-hybridized carbons (Fsp3) is 0.545. The monoisotopic (exact) mass is 166 g/mol. The summed E-state index contributed by atoms with van der Waals surface area (Å²) in [6.07, 6.45) is 5.00. The number of carbonyl (C=O) groups excluding carboxylic acids is 1. The van der Waals surface area contributed by atoms with Gasteiger partial charge in [-0.3, -0.25) is 4.79 Å². The number of carbonyl (C=O) groups is 1. The standard InChI is InChI=1S/C11H18O/c1-5-7-10(6-2)11(12)8-9(3)4/h5-6,9H,1,7-8H2,2-4H3. The number of Topliss-reactive ketones (excluding diaryl/α,β-unsaturated/α-hetero) is 1. The third-order valence-electron chi connectivity index (χ3n) is 1.66. The molecule has 0 atom stereocenters. The zero-order valence-electron chi connectivity index (χ0n) is 8.26. The van der Waals surface area contributed by atoms with Gasteiger partial charge in [0.2, 0.25) is 0 Å². The van der Waals surface area contributed by atoms with E-state index in [2.05, 4.69) is 20.4 Å². The van der Waals surface area contributed by atoms with Gasteiger partial charge in [0.25, 0.3) is 0 Å².